The van der Waals surface area contributed by atoms with Gasteiger partial charge in [0.1, 0.15) is 16.4 Å². The molecular formula is C18H18N2O6S2. The van der Waals surface area contributed by atoms with Crippen molar-refractivity contribution in [2.45, 2.75) is 16.3 Å². The number of hydrogen-bond donors (Lipinski definition) is 2. The standard InChI is InChI=1S/C18H18N2O6S2/c1-25-17-9-2-3-10-18(17)28(23,24)20-14-6-4-8-16(12-14)27(21,22)19-13-15-7-5-11-26-15/h2-12,19-20H,13H2,1H3. The summed E-state index contributed by atoms with van der Waals surface area (Å²) in [5.74, 6) is 0.635. The first-order valence-electron chi connectivity index (χ1n) is 8.10. The maximum Gasteiger partial charge on any atom is 0.265 e. The van der Waals surface area contributed by atoms with Crippen LogP contribution in [0.2, 0.25) is 0 Å². The quantitative estimate of drug-likeness (QED) is 0.577. The third kappa shape index (κ3) is 4.53. The summed E-state index contributed by atoms with van der Waals surface area (Å²) in [6.45, 7) is -0.0213. The Balaban J connectivity index is 1.83. The molecule has 0 aliphatic heterocycles. The number of para-hydroxylation sites is 1. The fourth-order valence-corrected chi connectivity index (χ4v) is 4.70. The van der Waals surface area contributed by atoms with Gasteiger partial charge in [-0.05, 0) is 42.5 Å². The Labute approximate surface area is 163 Å². The van der Waals surface area contributed by atoms with Crippen molar-refractivity contribution in [2.75, 3.05) is 11.8 Å². The molecule has 0 atom stereocenters. The first-order chi connectivity index (χ1) is 13.3. The van der Waals surface area contributed by atoms with Gasteiger partial charge in [0.05, 0.1) is 30.5 Å². The number of hydrogen-bond acceptors (Lipinski definition) is 6. The normalized spacial score (nSPS) is 11.9. The average molecular weight is 422 g/mol. The summed E-state index contributed by atoms with van der Waals surface area (Å²) in [4.78, 5) is -0.138. The Morgan fingerprint density at radius 3 is 2.43 bits per heavy atom. The van der Waals surface area contributed by atoms with E-state index in [9.17, 15) is 16.8 Å². The molecule has 0 saturated carbocycles. The van der Waals surface area contributed by atoms with Crippen LogP contribution in [0.25, 0.3) is 0 Å². The lowest BCUT2D eigenvalue weighted by Crippen LogP contribution is -2.23. The van der Waals surface area contributed by atoms with Crippen LogP contribution in [0.1, 0.15) is 5.76 Å². The lowest BCUT2D eigenvalue weighted by Gasteiger charge is -2.12. The molecule has 148 valence electrons. The highest BCUT2D eigenvalue weighted by Crippen LogP contribution is 2.26. The Bertz CT molecular complexity index is 1160. The van der Waals surface area contributed by atoms with Crippen molar-refractivity contribution in [3.8, 4) is 5.75 Å². The fourth-order valence-electron chi connectivity index (χ4n) is 2.44. The SMILES string of the molecule is COc1ccccc1S(=O)(=O)Nc1cccc(S(=O)(=O)NCc2ccco2)c1. The van der Waals surface area contributed by atoms with Crippen LogP contribution < -0.4 is 14.2 Å². The van der Waals surface area contributed by atoms with Crippen molar-refractivity contribution in [1.82, 2.24) is 4.72 Å². The van der Waals surface area contributed by atoms with Gasteiger partial charge in [-0.15, -0.1) is 0 Å². The van der Waals surface area contributed by atoms with Crippen molar-refractivity contribution in [3.63, 3.8) is 0 Å². The number of ether oxygens (including phenoxy) is 1. The number of methoxy groups -OCH3 is 1. The largest absolute Gasteiger partial charge is 0.495 e. The predicted octanol–water partition coefficient (Wildman–Crippen LogP) is 2.57. The summed E-state index contributed by atoms with van der Waals surface area (Å²) in [7, 11) is -6.47. The zero-order chi connectivity index (χ0) is 20.2. The maximum absolute atomic E-state index is 12.7. The van der Waals surface area contributed by atoms with E-state index in [0.29, 0.717) is 5.76 Å². The van der Waals surface area contributed by atoms with E-state index in [4.69, 9.17) is 9.15 Å². The number of furan rings is 1. The van der Waals surface area contributed by atoms with Gasteiger partial charge >= 0.3 is 0 Å². The molecule has 28 heavy (non-hydrogen) atoms. The van der Waals surface area contributed by atoms with Gasteiger partial charge in [-0.2, -0.15) is 0 Å². The van der Waals surface area contributed by atoms with Gasteiger partial charge in [-0.25, -0.2) is 21.6 Å². The molecule has 0 amide bonds. The molecule has 1 aromatic heterocycles. The summed E-state index contributed by atoms with van der Waals surface area (Å²) in [6, 6.07) is 14.9. The predicted molar refractivity (Wildman–Crippen MR) is 103 cm³/mol. The monoisotopic (exact) mass is 422 g/mol. The van der Waals surface area contributed by atoms with Crippen molar-refractivity contribution in [1.29, 1.82) is 0 Å². The van der Waals surface area contributed by atoms with E-state index in [-0.39, 0.29) is 27.8 Å². The summed E-state index contributed by atoms with van der Waals surface area (Å²) < 4.78 is 65.2. The zero-order valence-electron chi connectivity index (χ0n) is 14.8. The molecule has 2 N–H and O–H groups in total. The Kier molecular flexibility index (Phi) is 5.73. The Morgan fingerprint density at radius 2 is 1.71 bits per heavy atom. The van der Waals surface area contributed by atoms with Crippen LogP contribution >= 0.6 is 0 Å². The summed E-state index contributed by atoms with van der Waals surface area (Å²) >= 11 is 0. The van der Waals surface area contributed by atoms with Crippen molar-refractivity contribution >= 4 is 25.7 Å². The van der Waals surface area contributed by atoms with Crippen LogP contribution in [-0.2, 0) is 26.6 Å². The lowest BCUT2D eigenvalue weighted by atomic mass is 10.3. The highest BCUT2D eigenvalue weighted by atomic mass is 32.2. The average Bonchev–Trinajstić information content (AvgIpc) is 3.20. The smallest absolute Gasteiger partial charge is 0.265 e. The minimum absolute atomic E-state index is 0.0213. The summed E-state index contributed by atoms with van der Waals surface area (Å²) in [5.41, 5.74) is 0.103. The van der Waals surface area contributed by atoms with E-state index in [1.54, 1.807) is 24.3 Å². The molecule has 0 bridgehead atoms. The molecule has 0 radical (unpaired) electrons. The lowest BCUT2D eigenvalue weighted by molar-refractivity contribution is 0.403. The van der Waals surface area contributed by atoms with Gasteiger partial charge in [-0.3, -0.25) is 4.72 Å². The number of anilines is 1. The molecule has 3 rings (SSSR count). The minimum atomic E-state index is -3.97. The Hall–Kier alpha value is -2.82. The molecule has 0 fully saturated rings. The highest BCUT2D eigenvalue weighted by Gasteiger charge is 2.20. The molecule has 0 aliphatic carbocycles. The van der Waals surface area contributed by atoms with Crippen LogP contribution in [0.3, 0.4) is 0 Å². The summed E-state index contributed by atoms with van der Waals surface area (Å²) in [6.07, 6.45) is 1.44. The second-order valence-electron chi connectivity index (χ2n) is 5.69. The van der Waals surface area contributed by atoms with Gasteiger partial charge < -0.3 is 9.15 Å². The first-order valence-corrected chi connectivity index (χ1v) is 11.1. The van der Waals surface area contributed by atoms with E-state index >= 15 is 0 Å². The van der Waals surface area contributed by atoms with E-state index in [0.717, 1.165) is 0 Å². The van der Waals surface area contributed by atoms with Gasteiger partial charge in [-0.1, -0.05) is 18.2 Å². The van der Waals surface area contributed by atoms with E-state index in [2.05, 4.69) is 9.44 Å². The van der Waals surface area contributed by atoms with Crippen molar-refractivity contribution < 1.29 is 26.0 Å². The van der Waals surface area contributed by atoms with E-state index < -0.39 is 20.0 Å². The Morgan fingerprint density at radius 1 is 0.929 bits per heavy atom. The highest BCUT2D eigenvalue weighted by molar-refractivity contribution is 7.92. The van der Waals surface area contributed by atoms with Crippen LogP contribution in [0, 0.1) is 0 Å². The number of rotatable bonds is 8. The second kappa shape index (κ2) is 8.05. The molecule has 0 saturated heterocycles. The molecule has 0 spiro atoms. The van der Waals surface area contributed by atoms with Crippen molar-refractivity contribution in [3.05, 3.63) is 72.7 Å². The molecule has 0 aliphatic rings. The van der Waals surface area contributed by atoms with E-state index in [1.807, 2.05) is 0 Å². The van der Waals surface area contributed by atoms with Gasteiger partial charge in [0.15, 0.2) is 0 Å². The van der Waals surface area contributed by atoms with Crippen LogP contribution in [0.5, 0.6) is 5.75 Å². The first kappa shape index (κ1) is 19.9. The molecule has 2 aromatic carbocycles. The van der Waals surface area contributed by atoms with Crippen LogP contribution in [0.15, 0.2) is 81.1 Å². The molecule has 0 unspecified atom stereocenters. The molecule has 10 heteroatoms. The van der Waals surface area contributed by atoms with E-state index in [1.165, 1.54) is 49.8 Å². The van der Waals surface area contributed by atoms with Gasteiger partial charge in [0.25, 0.3) is 10.0 Å². The zero-order valence-corrected chi connectivity index (χ0v) is 16.5. The topological polar surface area (TPSA) is 115 Å². The second-order valence-corrected chi connectivity index (χ2v) is 9.11. The molecular weight excluding hydrogens is 404 g/mol. The third-order valence-electron chi connectivity index (χ3n) is 3.77. The number of nitrogens with one attached hydrogen (secondary N) is 2. The molecule has 3 aromatic rings. The third-order valence-corrected chi connectivity index (χ3v) is 6.59. The van der Waals surface area contributed by atoms with Crippen LogP contribution in [0.4, 0.5) is 5.69 Å². The molecule has 1 heterocycles. The minimum Gasteiger partial charge on any atom is -0.495 e. The van der Waals surface area contributed by atoms with Crippen LogP contribution in [-0.4, -0.2) is 23.9 Å². The number of benzene rings is 2. The maximum atomic E-state index is 12.7. The fraction of sp³-hybridized carbons (Fsp3) is 0.111. The van der Waals surface area contributed by atoms with Gasteiger partial charge in [0.2, 0.25) is 10.0 Å². The van der Waals surface area contributed by atoms with Crippen molar-refractivity contribution in [2.24, 2.45) is 0 Å². The van der Waals surface area contributed by atoms with Gasteiger partial charge in [0, 0.05) is 0 Å². The summed E-state index contributed by atoms with van der Waals surface area (Å²) in [5, 5.41) is 0. The number of sulfonamides is 2. The molecule has 8 nitrogen and oxygen atoms in total.